The molecule has 1 aromatic heterocycles. The molecule has 92 valence electrons. The summed E-state index contributed by atoms with van der Waals surface area (Å²) in [5.74, 6) is 0.841. The van der Waals surface area contributed by atoms with Crippen LogP contribution in [-0.2, 0) is 11.3 Å². The maximum atomic E-state index is 11.6. The molecule has 0 radical (unpaired) electrons. The third-order valence-electron chi connectivity index (χ3n) is 2.41. The zero-order valence-corrected chi connectivity index (χ0v) is 10.3. The summed E-state index contributed by atoms with van der Waals surface area (Å²) in [6, 6.07) is 5.75. The van der Waals surface area contributed by atoms with E-state index in [1.54, 1.807) is 18.4 Å². The van der Waals surface area contributed by atoms with Crippen LogP contribution in [-0.4, -0.2) is 5.91 Å². The van der Waals surface area contributed by atoms with E-state index in [9.17, 15) is 4.79 Å². The highest BCUT2D eigenvalue weighted by Gasteiger charge is 2.14. The number of nitrogens with one attached hydrogen (secondary N) is 1. The van der Waals surface area contributed by atoms with Crippen molar-refractivity contribution in [2.45, 2.75) is 33.2 Å². The Morgan fingerprint density at radius 2 is 2.35 bits per heavy atom. The molecule has 0 aromatic carbocycles. The van der Waals surface area contributed by atoms with Crippen LogP contribution in [0.3, 0.4) is 0 Å². The largest absolute Gasteiger partial charge is 0.467 e. The number of nitrogens with zero attached hydrogens (tertiary/aromatic N) is 1. The number of nitriles is 1. The number of furan rings is 1. The fourth-order valence-electron chi connectivity index (χ4n) is 1.65. The lowest BCUT2D eigenvalue weighted by Gasteiger charge is -2.11. The predicted molar refractivity (Wildman–Crippen MR) is 63.7 cm³/mol. The lowest BCUT2D eigenvalue weighted by Crippen LogP contribution is -2.25. The summed E-state index contributed by atoms with van der Waals surface area (Å²) in [5.41, 5.74) is 0. The van der Waals surface area contributed by atoms with Gasteiger partial charge in [0.2, 0.25) is 5.91 Å². The fourth-order valence-corrected chi connectivity index (χ4v) is 1.65. The van der Waals surface area contributed by atoms with Gasteiger partial charge in [0.25, 0.3) is 0 Å². The first-order chi connectivity index (χ1) is 8.11. The first-order valence-electron chi connectivity index (χ1n) is 5.80. The van der Waals surface area contributed by atoms with Crippen molar-refractivity contribution >= 4 is 5.91 Å². The van der Waals surface area contributed by atoms with Crippen LogP contribution in [0.4, 0.5) is 0 Å². The van der Waals surface area contributed by atoms with Crippen LogP contribution in [0.5, 0.6) is 0 Å². The van der Waals surface area contributed by atoms with Crippen LogP contribution in [0.15, 0.2) is 22.8 Å². The van der Waals surface area contributed by atoms with Crippen molar-refractivity contribution in [2.24, 2.45) is 11.8 Å². The van der Waals surface area contributed by atoms with Gasteiger partial charge in [0, 0.05) is 6.42 Å². The second-order valence-corrected chi connectivity index (χ2v) is 4.52. The smallest absolute Gasteiger partial charge is 0.221 e. The summed E-state index contributed by atoms with van der Waals surface area (Å²) in [4.78, 5) is 11.6. The van der Waals surface area contributed by atoms with Crippen molar-refractivity contribution in [1.82, 2.24) is 5.32 Å². The van der Waals surface area contributed by atoms with Crippen molar-refractivity contribution in [3.8, 4) is 6.07 Å². The molecule has 4 heteroatoms. The zero-order valence-electron chi connectivity index (χ0n) is 10.3. The van der Waals surface area contributed by atoms with Crippen LogP contribution < -0.4 is 5.32 Å². The van der Waals surface area contributed by atoms with E-state index in [1.807, 2.05) is 13.8 Å². The highest BCUT2D eigenvalue weighted by atomic mass is 16.3. The minimum absolute atomic E-state index is 0.103. The van der Waals surface area contributed by atoms with Gasteiger partial charge in [-0.2, -0.15) is 5.26 Å². The Morgan fingerprint density at radius 3 is 2.88 bits per heavy atom. The number of hydrogen-bond acceptors (Lipinski definition) is 3. The van der Waals surface area contributed by atoms with E-state index < -0.39 is 0 Å². The highest BCUT2D eigenvalue weighted by molar-refractivity contribution is 5.76. The lowest BCUT2D eigenvalue weighted by molar-refractivity contribution is -0.122. The second-order valence-electron chi connectivity index (χ2n) is 4.52. The Balaban J connectivity index is 2.31. The van der Waals surface area contributed by atoms with E-state index in [0.29, 0.717) is 12.5 Å². The van der Waals surface area contributed by atoms with Crippen LogP contribution in [0.1, 0.15) is 32.4 Å². The van der Waals surface area contributed by atoms with Crippen LogP contribution >= 0.6 is 0 Å². The van der Waals surface area contributed by atoms with E-state index in [2.05, 4.69) is 11.4 Å². The van der Waals surface area contributed by atoms with E-state index >= 15 is 0 Å². The monoisotopic (exact) mass is 234 g/mol. The molecule has 1 atom stereocenters. The molecule has 1 heterocycles. The molecule has 1 rings (SSSR count). The normalized spacial score (nSPS) is 12.1. The SMILES string of the molecule is CC(C)CC(C#N)CC(=O)NCc1ccco1. The van der Waals surface area contributed by atoms with E-state index in [-0.39, 0.29) is 18.2 Å². The Morgan fingerprint density at radius 1 is 1.59 bits per heavy atom. The van der Waals surface area contributed by atoms with Crippen LogP contribution in [0, 0.1) is 23.2 Å². The van der Waals surface area contributed by atoms with Gasteiger partial charge in [-0.05, 0) is 24.5 Å². The molecule has 0 saturated carbocycles. The summed E-state index contributed by atoms with van der Waals surface area (Å²) in [5, 5.41) is 11.7. The number of carbonyl (C=O) groups excluding carboxylic acids is 1. The van der Waals surface area contributed by atoms with Gasteiger partial charge in [0.1, 0.15) is 5.76 Å². The summed E-state index contributed by atoms with van der Waals surface area (Å²) in [6.07, 6.45) is 2.58. The third-order valence-corrected chi connectivity index (χ3v) is 2.41. The number of rotatable bonds is 6. The topological polar surface area (TPSA) is 66.0 Å². The summed E-state index contributed by atoms with van der Waals surface area (Å²) >= 11 is 0. The third kappa shape index (κ3) is 5.21. The molecule has 0 fully saturated rings. The fraction of sp³-hybridized carbons (Fsp3) is 0.538. The van der Waals surface area contributed by atoms with E-state index in [0.717, 1.165) is 12.2 Å². The average Bonchev–Trinajstić information content (AvgIpc) is 2.77. The minimum atomic E-state index is -0.202. The quantitative estimate of drug-likeness (QED) is 0.822. The molecule has 1 aromatic rings. The molecule has 0 aliphatic carbocycles. The van der Waals surface area contributed by atoms with Crippen molar-refractivity contribution in [3.05, 3.63) is 24.2 Å². The molecule has 0 bridgehead atoms. The van der Waals surface area contributed by atoms with Gasteiger partial charge in [-0.1, -0.05) is 13.8 Å². The Labute approximate surface area is 102 Å². The van der Waals surface area contributed by atoms with Gasteiger partial charge >= 0.3 is 0 Å². The van der Waals surface area contributed by atoms with Gasteiger partial charge in [-0.25, -0.2) is 0 Å². The molecule has 0 spiro atoms. The molecule has 17 heavy (non-hydrogen) atoms. The van der Waals surface area contributed by atoms with Gasteiger partial charge in [-0.3, -0.25) is 4.79 Å². The Kier molecular flexibility index (Phi) is 5.28. The first-order valence-corrected chi connectivity index (χ1v) is 5.80. The van der Waals surface area contributed by atoms with Crippen molar-refractivity contribution < 1.29 is 9.21 Å². The number of hydrogen-bond donors (Lipinski definition) is 1. The highest BCUT2D eigenvalue weighted by Crippen LogP contribution is 2.14. The van der Waals surface area contributed by atoms with Gasteiger partial charge in [0.15, 0.2) is 0 Å². The first kappa shape index (κ1) is 13.3. The maximum absolute atomic E-state index is 11.6. The average molecular weight is 234 g/mol. The van der Waals surface area contributed by atoms with E-state index in [4.69, 9.17) is 9.68 Å². The maximum Gasteiger partial charge on any atom is 0.221 e. The standard InChI is InChI=1S/C13H18N2O2/c1-10(2)6-11(8-14)7-13(16)15-9-12-4-3-5-17-12/h3-5,10-11H,6-7,9H2,1-2H3,(H,15,16). The summed E-state index contributed by atoms with van der Waals surface area (Å²) in [7, 11) is 0. The summed E-state index contributed by atoms with van der Waals surface area (Å²) < 4.78 is 5.10. The molecule has 4 nitrogen and oxygen atoms in total. The number of amides is 1. The molecule has 1 unspecified atom stereocenters. The van der Waals surface area contributed by atoms with Crippen LogP contribution in [0.2, 0.25) is 0 Å². The zero-order chi connectivity index (χ0) is 12.7. The molecule has 1 amide bonds. The minimum Gasteiger partial charge on any atom is -0.467 e. The number of carbonyl (C=O) groups is 1. The van der Waals surface area contributed by atoms with Crippen molar-refractivity contribution in [3.63, 3.8) is 0 Å². The van der Waals surface area contributed by atoms with Crippen molar-refractivity contribution in [2.75, 3.05) is 0 Å². The van der Waals surface area contributed by atoms with Crippen molar-refractivity contribution in [1.29, 1.82) is 5.26 Å². The van der Waals surface area contributed by atoms with E-state index in [1.165, 1.54) is 0 Å². The molecular weight excluding hydrogens is 216 g/mol. The predicted octanol–water partition coefficient (Wildman–Crippen LogP) is 2.47. The summed E-state index contributed by atoms with van der Waals surface area (Å²) in [6.45, 7) is 4.47. The molecule has 0 saturated heterocycles. The van der Waals surface area contributed by atoms with Crippen LogP contribution in [0.25, 0.3) is 0 Å². The second kappa shape index (κ2) is 6.74. The van der Waals surface area contributed by atoms with Gasteiger partial charge < -0.3 is 9.73 Å². The lowest BCUT2D eigenvalue weighted by atomic mass is 9.95. The molecule has 1 N–H and O–H groups in total. The molecule has 0 aliphatic rings. The Bertz CT molecular complexity index is 377. The molecule has 0 aliphatic heterocycles. The van der Waals surface area contributed by atoms with Gasteiger partial charge in [-0.15, -0.1) is 0 Å². The Hall–Kier alpha value is -1.76. The van der Waals surface area contributed by atoms with Gasteiger partial charge in [0.05, 0.1) is 24.8 Å². The molecular formula is C13H18N2O2.